The molecule has 40 heavy (non-hydrogen) atoms. The summed E-state index contributed by atoms with van der Waals surface area (Å²) in [5, 5.41) is 0.626. The lowest BCUT2D eigenvalue weighted by Crippen LogP contribution is -2.77. The highest BCUT2D eigenvalue weighted by Crippen LogP contribution is 2.82. The normalized spacial score (nSPS) is 38.9. The van der Waals surface area contributed by atoms with Crippen LogP contribution in [0.2, 0.25) is 36.3 Å². The quantitative estimate of drug-likeness (QED) is 0.298. The minimum Gasteiger partial charge on any atom is -0.311 e. The molecule has 0 aromatic rings. The fourth-order valence-corrected chi connectivity index (χ4v) is 27.4. The van der Waals surface area contributed by atoms with E-state index in [0.717, 1.165) is 5.03 Å². The predicted molar refractivity (Wildman–Crippen MR) is 186 cm³/mol. The highest BCUT2D eigenvalue weighted by atomic mass is 28.4. The third kappa shape index (κ3) is 3.30. The Morgan fingerprint density at radius 2 is 0.600 bits per heavy atom. The fraction of sp³-hybridized carbons (Fsp3) is 0.973. The minimum atomic E-state index is -2.53. The molecule has 0 radical (unpaired) electrons. The molecule has 0 amide bonds. The first-order chi connectivity index (χ1) is 17.0. The molecule has 3 heteroatoms. The summed E-state index contributed by atoms with van der Waals surface area (Å²) in [6.07, 6.45) is 0. The number of carbonyl (C=O) groups is 1. The van der Waals surface area contributed by atoms with E-state index in [1.54, 1.807) is 0 Å². The van der Waals surface area contributed by atoms with Crippen molar-refractivity contribution in [2.45, 2.75) is 175 Å². The van der Waals surface area contributed by atoms with Gasteiger partial charge in [-0.05, 0) is 65.2 Å². The van der Waals surface area contributed by atoms with E-state index in [1.807, 2.05) is 0 Å². The monoisotopic (exact) mass is 591 g/mol. The molecule has 0 N–H and O–H groups in total. The van der Waals surface area contributed by atoms with E-state index in [-0.39, 0.29) is 53.4 Å². The summed E-state index contributed by atoms with van der Waals surface area (Å²) in [5.41, 5.74) is 0.612. The molecule has 2 fully saturated rings. The molecule has 0 bridgehead atoms. The highest BCUT2D eigenvalue weighted by Gasteiger charge is 2.78. The van der Waals surface area contributed by atoms with Crippen LogP contribution in [0, 0.1) is 55.2 Å². The van der Waals surface area contributed by atoms with Gasteiger partial charge in [0, 0.05) is 0 Å². The first-order valence-corrected chi connectivity index (χ1v) is 22.5. The Morgan fingerprint density at radius 3 is 0.800 bits per heavy atom. The van der Waals surface area contributed by atoms with Crippen molar-refractivity contribution in [1.82, 2.24) is 0 Å². The van der Waals surface area contributed by atoms with E-state index in [1.165, 1.54) is 0 Å². The maximum Gasteiger partial charge on any atom is 0.127 e. The standard InChI is InChI=1S/C37H74OSi2/c1-25-28(3,4)30(7,8)32(11,12)34(15,16)36(25,19)39(21,22)27(38)40(23,24)37(20)26(2)29(5,6)31(9,10)33(13,14)35(37,17)18/h25-26H,1-24H3. The Balaban J connectivity index is 2.95. The Bertz CT molecular complexity index is 966. The first kappa shape index (κ1) is 36.3. The second-order valence-electron chi connectivity index (χ2n) is 20.6. The molecule has 0 aromatic carbocycles. The number of hydrogen-bond donors (Lipinski definition) is 0. The summed E-state index contributed by atoms with van der Waals surface area (Å²) in [5.74, 6) is 0.870. The average molecular weight is 591 g/mol. The maximum absolute atomic E-state index is 15.9. The van der Waals surface area contributed by atoms with Crippen molar-refractivity contribution in [2.24, 2.45) is 55.2 Å². The average Bonchev–Trinajstić information content (AvgIpc) is 2.78. The molecule has 0 spiro atoms. The number of rotatable bonds is 4. The molecule has 0 saturated heterocycles. The molecule has 0 aliphatic heterocycles. The molecule has 2 aliphatic rings. The molecule has 0 aromatic heterocycles. The summed E-state index contributed by atoms with van der Waals surface area (Å²) in [6, 6.07) is 0. The Morgan fingerprint density at radius 1 is 0.400 bits per heavy atom. The fourth-order valence-electron chi connectivity index (χ4n) is 12.0. The molecule has 4 atom stereocenters. The molecule has 2 aliphatic carbocycles. The van der Waals surface area contributed by atoms with Gasteiger partial charge in [-0.1, -0.05) is 165 Å². The summed E-state index contributed by atoms with van der Waals surface area (Å²) < 4.78 is 0. The van der Waals surface area contributed by atoms with Crippen LogP contribution in [0.15, 0.2) is 0 Å². The predicted octanol–water partition coefficient (Wildman–Crippen LogP) is 12.7. The van der Waals surface area contributed by atoms with Crippen molar-refractivity contribution < 1.29 is 4.79 Å². The number of hydrogen-bond acceptors (Lipinski definition) is 1. The van der Waals surface area contributed by atoms with Crippen LogP contribution < -0.4 is 0 Å². The van der Waals surface area contributed by atoms with Gasteiger partial charge in [-0.2, -0.15) is 0 Å². The molecule has 2 rings (SSSR count). The molecule has 2 saturated carbocycles. The smallest absolute Gasteiger partial charge is 0.127 e. The van der Waals surface area contributed by atoms with Crippen LogP contribution in [0.25, 0.3) is 0 Å². The zero-order valence-corrected chi connectivity index (χ0v) is 34.1. The van der Waals surface area contributed by atoms with Gasteiger partial charge in [0.15, 0.2) is 0 Å². The summed E-state index contributed by atoms with van der Waals surface area (Å²) in [4.78, 5) is 15.9. The SMILES string of the molecule is CC1C(C)(C)C(C)(C)C(C)(C)C(C)(C)C1(C)[Si](C)(C)C(=O)[Si](C)(C)C1(C)C(C)C(C)(C)C(C)(C)C(C)(C)C1(C)C. The third-order valence-corrected chi connectivity index (χ3v) is 33.0. The lowest BCUT2D eigenvalue weighted by molar-refractivity contribution is -0.199. The molecular formula is C37H74OSi2. The minimum absolute atomic E-state index is 0.00341. The largest absolute Gasteiger partial charge is 0.311 e. The van der Waals surface area contributed by atoms with Crippen molar-refractivity contribution >= 4 is 21.2 Å². The van der Waals surface area contributed by atoms with Gasteiger partial charge in [-0.25, -0.2) is 0 Å². The zero-order valence-electron chi connectivity index (χ0n) is 32.1. The van der Waals surface area contributed by atoms with Gasteiger partial charge in [0.2, 0.25) is 0 Å². The number of carbonyl (C=O) groups excluding carboxylic acids is 1. The second kappa shape index (κ2) is 8.63. The van der Waals surface area contributed by atoms with E-state index in [0.29, 0.717) is 11.8 Å². The highest BCUT2D eigenvalue weighted by molar-refractivity contribution is 7.33. The van der Waals surface area contributed by atoms with Crippen molar-refractivity contribution in [1.29, 1.82) is 0 Å². The van der Waals surface area contributed by atoms with Crippen LogP contribution in [0.1, 0.15) is 138 Å². The van der Waals surface area contributed by atoms with Crippen LogP contribution >= 0.6 is 0 Å². The van der Waals surface area contributed by atoms with Crippen molar-refractivity contribution in [3.63, 3.8) is 0 Å². The van der Waals surface area contributed by atoms with Gasteiger partial charge >= 0.3 is 0 Å². The van der Waals surface area contributed by atoms with Gasteiger partial charge in [0.1, 0.15) is 16.1 Å². The van der Waals surface area contributed by atoms with Crippen LogP contribution in [0.3, 0.4) is 0 Å². The van der Waals surface area contributed by atoms with Crippen molar-refractivity contribution in [3.8, 4) is 0 Å². The molecule has 4 unspecified atom stereocenters. The Hall–Kier alpha value is 0.104. The van der Waals surface area contributed by atoms with Crippen LogP contribution in [0.4, 0.5) is 4.79 Å². The van der Waals surface area contributed by atoms with Gasteiger partial charge in [-0.15, -0.1) is 0 Å². The van der Waals surface area contributed by atoms with Crippen molar-refractivity contribution in [3.05, 3.63) is 0 Å². The lowest BCUT2D eigenvalue weighted by atomic mass is 9.36. The van der Waals surface area contributed by atoms with E-state index in [2.05, 4.69) is 165 Å². The lowest BCUT2D eigenvalue weighted by Gasteiger charge is -2.77. The molecule has 0 heterocycles. The maximum atomic E-state index is 15.9. The van der Waals surface area contributed by atoms with Crippen LogP contribution in [-0.2, 0) is 0 Å². The van der Waals surface area contributed by atoms with E-state index >= 15 is 4.79 Å². The van der Waals surface area contributed by atoms with Crippen LogP contribution in [-0.4, -0.2) is 21.2 Å². The van der Waals surface area contributed by atoms with Gasteiger partial charge < -0.3 is 4.79 Å². The first-order valence-electron chi connectivity index (χ1n) is 16.5. The van der Waals surface area contributed by atoms with Crippen molar-refractivity contribution in [2.75, 3.05) is 0 Å². The van der Waals surface area contributed by atoms with Crippen LogP contribution in [0.5, 0.6) is 0 Å². The topological polar surface area (TPSA) is 17.1 Å². The second-order valence-corrected chi connectivity index (χ2v) is 30.6. The van der Waals surface area contributed by atoms with E-state index < -0.39 is 16.1 Å². The Labute approximate surface area is 255 Å². The Kier molecular flexibility index (Phi) is 7.83. The third-order valence-electron chi connectivity index (χ3n) is 19.7. The molecule has 236 valence electrons. The van der Waals surface area contributed by atoms with E-state index in [9.17, 15) is 0 Å². The van der Waals surface area contributed by atoms with Gasteiger partial charge in [-0.3, -0.25) is 0 Å². The summed E-state index contributed by atoms with van der Waals surface area (Å²) in [7, 11) is -5.07. The molecular weight excluding hydrogens is 517 g/mol. The molecule has 1 nitrogen and oxygen atoms in total. The van der Waals surface area contributed by atoms with E-state index in [4.69, 9.17) is 0 Å². The summed E-state index contributed by atoms with van der Waals surface area (Å²) in [6.45, 7) is 60.3. The zero-order chi connectivity index (χ0) is 32.7. The van der Waals surface area contributed by atoms with Gasteiger partial charge in [0.25, 0.3) is 0 Å². The van der Waals surface area contributed by atoms with Gasteiger partial charge in [0.05, 0.1) is 5.03 Å². The summed E-state index contributed by atoms with van der Waals surface area (Å²) >= 11 is 0.